The number of hydrogen-bond donors (Lipinski definition) is 0. The Balaban J connectivity index is 1.59. The van der Waals surface area contributed by atoms with Crippen molar-refractivity contribution < 1.29 is 9.59 Å². The topological polar surface area (TPSA) is 40.6 Å². The number of unbranched alkanes of at least 4 members (excludes halogenated alkanes) is 10. The normalized spacial score (nSPS) is 25.3. The van der Waals surface area contributed by atoms with Crippen molar-refractivity contribution in [2.24, 2.45) is 16.7 Å². The second-order valence-electron chi connectivity index (χ2n) is 17.4. The number of nitrogens with zero attached hydrogens (tertiary/aromatic N) is 2. The number of carbonyl (C=O) groups excluding carboxylic acids is 2. The lowest BCUT2D eigenvalue weighted by molar-refractivity contribution is -0.118. The number of ketones is 2. The van der Waals surface area contributed by atoms with E-state index in [2.05, 4.69) is 77.6 Å². The zero-order valence-corrected chi connectivity index (χ0v) is 31.8. The van der Waals surface area contributed by atoms with Crippen LogP contribution >= 0.6 is 0 Å². The molecule has 46 heavy (non-hydrogen) atoms. The Morgan fingerprint density at radius 1 is 0.696 bits per heavy atom. The third kappa shape index (κ3) is 11.5. The second-order valence-corrected chi connectivity index (χ2v) is 17.4. The Labute approximate surface area is 285 Å². The number of hydrogen-bond acceptors (Lipinski definition) is 4. The van der Waals surface area contributed by atoms with E-state index in [0.29, 0.717) is 36.4 Å². The van der Waals surface area contributed by atoms with E-state index >= 15 is 0 Å². The van der Waals surface area contributed by atoms with E-state index in [9.17, 15) is 9.59 Å². The predicted molar refractivity (Wildman–Crippen MR) is 197 cm³/mol. The SMILES string of the molecule is CCCCCCCCCC(=O)C1=CN(C(C)(C)C)CCC1(C)CC1CCC(N2C=C(C(=O)CCCCCCC)C(C)(C)CC2)CC1. The smallest absolute Gasteiger partial charge is 0.160 e. The molecular formula is C42H74N2O2. The van der Waals surface area contributed by atoms with Crippen LogP contribution in [-0.4, -0.2) is 46.0 Å². The molecule has 1 atom stereocenters. The summed E-state index contributed by atoms with van der Waals surface area (Å²) in [7, 11) is 0. The number of rotatable bonds is 19. The first-order valence-corrected chi connectivity index (χ1v) is 19.8. The first-order valence-electron chi connectivity index (χ1n) is 19.8. The van der Waals surface area contributed by atoms with Gasteiger partial charge in [0.05, 0.1) is 0 Å². The van der Waals surface area contributed by atoms with Crippen LogP contribution in [0.3, 0.4) is 0 Å². The lowest BCUT2D eigenvalue weighted by Gasteiger charge is -2.47. The van der Waals surface area contributed by atoms with E-state index in [0.717, 1.165) is 56.3 Å². The molecule has 0 amide bonds. The lowest BCUT2D eigenvalue weighted by atomic mass is 9.66. The van der Waals surface area contributed by atoms with E-state index in [1.165, 1.54) is 89.9 Å². The van der Waals surface area contributed by atoms with Crippen LogP contribution in [0.2, 0.25) is 0 Å². The highest BCUT2D eigenvalue weighted by molar-refractivity contribution is 5.97. The van der Waals surface area contributed by atoms with Crippen molar-refractivity contribution in [1.82, 2.24) is 9.80 Å². The summed E-state index contributed by atoms with van der Waals surface area (Å²) in [5.74, 6) is 1.46. The van der Waals surface area contributed by atoms with Gasteiger partial charge in [-0.25, -0.2) is 0 Å². The van der Waals surface area contributed by atoms with Gasteiger partial charge in [-0.2, -0.15) is 0 Å². The Morgan fingerprint density at radius 3 is 1.76 bits per heavy atom. The maximum absolute atomic E-state index is 13.8. The van der Waals surface area contributed by atoms with Crippen LogP contribution in [-0.2, 0) is 9.59 Å². The molecule has 0 aromatic rings. The van der Waals surface area contributed by atoms with Gasteiger partial charge in [0.25, 0.3) is 0 Å². The summed E-state index contributed by atoms with van der Waals surface area (Å²) in [5.41, 5.74) is 2.18. The van der Waals surface area contributed by atoms with E-state index < -0.39 is 0 Å². The lowest BCUT2D eigenvalue weighted by Crippen LogP contribution is -2.46. The zero-order valence-electron chi connectivity index (χ0n) is 31.8. The van der Waals surface area contributed by atoms with Crippen molar-refractivity contribution >= 4 is 11.6 Å². The van der Waals surface area contributed by atoms with Gasteiger partial charge in [0, 0.05) is 61.1 Å². The summed E-state index contributed by atoms with van der Waals surface area (Å²) < 4.78 is 0. The van der Waals surface area contributed by atoms with Gasteiger partial charge in [-0.15, -0.1) is 0 Å². The minimum absolute atomic E-state index is 0.0188. The summed E-state index contributed by atoms with van der Waals surface area (Å²) in [4.78, 5) is 32.2. The predicted octanol–water partition coefficient (Wildman–Crippen LogP) is 11.6. The quantitative estimate of drug-likeness (QED) is 0.132. The van der Waals surface area contributed by atoms with E-state index in [1.807, 2.05) is 0 Å². The number of Topliss-reactive ketones (excluding diaryl/α,β-unsaturated/α-hetero) is 2. The number of allylic oxidation sites excluding steroid dienone is 2. The summed E-state index contributed by atoms with van der Waals surface area (Å²) in [5, 5.41) is 0. The molecule has 0 spiro atoms. The van der Waals surface area contributed by atoms with Gasteiger partial charge in [0.1, 0.15) is 0 Å². The maximum Gasteiger partial charge on any atom is 0.160 e. The average Bonchev–Trinajstić information content (AvgIpc) is 3.00. The van der Waals surface area contributed by atoms with Crippen LogP contribution in [0.5, 0.6) is 0 Å². The molecule has 3 rings (SSSR count). The van der Waals surface area contributed by atoms with Crippen LogP contribution in [0, 0.1) is 16.7 Å². The molecule has 1 aliphatic carbocycles. The van der Waals surface area contributed by atoms with Gasteiger partial charge in [-0.05, 0) is 95.3 Å². The van der Waals surface area contributed by atoms with E-state index in [4.69, 9.17) is 0 Å². The van der Waals surface area contributed by atoms with Crippen molar-refractivity contribution in [2.45, 2.75) is 202 Å². The van der Waals surface area contributed by atoms with Gasteiger partial charge >= 0.3 is 0 Å². The van der Waals surface area contributed by atoms with Crippen molar-refractivity contribution in [3.8, 4) is 0 Å². The minimum atomic E-state index is -0.0246. The summed E-state index contributed by atoms with van der Waals surface area (Å²) in [6.07, 6.45) is 28.8. The molecule has 3 aliphatic rings. The van der Waals surface area contributed by atoms with Crippen LogP contribution in [0.4, 0.5) is 0 Å². The molecule has 4 nitrogen and oxygen atoms in total. The molecule has 264 valence electrons. The van der Waals surface area contributed by atoms with Gasteiger partial charge in [0.15, 0.2) is 11.6 Å². The zero-order chi connectivity index (χ0) is 33.8. The summed E-state index contributed by atoms with van der Waals surface area (Å²) in [6.45, 7) is 20.4. The fourth-order valence-electron chi connectivity index (χ4n) is 8.43. The van der Waals surface area contributed by atoms with Gasteiger partial charge < -0.3 is 9.80 Å². The van der Waals surface area contributed by atoms with E-state index in [-0.39, 0.29) is 16.4 Å². The van der Waals surface area contributed by atoms with Crippen molar-refractivity contribution in [3.05, 3.63) is 23.5 Å². The van der Waals surface area contributed by atoms with Crippen LogP contribution < -0.4 is 0 Å². The molecule has 0 N–H and O–H groups in total. The summed E-state index contributed by atoms with van der Waals surface area (Å²) >= 11 is 0. The molecule has 4 heteroatoms. The van der Waals surface area contributed by atoms with Gasteiger partial charge in [0.2, 0.25) is 0 Å². The molecule has 1 fully saturated rings. The van der Waals surface area contributed by atoms with Crippen molar-refractivity contribution in [1.29, 1.82) is 0 Å². The first-order chi connectivity index (χ1) is 21.8. The highest BCUT2D eigenvalue weighted by atomic mass is 16.1. The first kappa shape index (κ1) is 38.9. The third-order valence-electron chi connectivity index (χ3n) is 11.9. The number of carbonyl (C=O) groups is 2. The standard InChI is InChI=1S/C42H74N2O2/c1-9-11-13-15-16-18-20-22-39(46)37-33-44(40(3,4)5)30-28-42(37,8)31-34-23-25-35(26-24-34)43-29-27-41(6,7)36(32-43)38(45)21-19-17-14-12-10-2/h32-35H,9-31H2,1-8H3. The molecule has 0 bridgehead atoms. The molecule has 2 aliphatic heterocycles. The molecule has 0 saturated heterocycles. The molecule has 0 aromatic heterocycles. The Morgan fingerprint density at radius 2 is 1.22 bits per heavy atom. The van der Waals surface area contributed by atoms with Crippen LogP contribution in [0.15, 0.2) is 23.5 Å². The fraction of sp³-hybridized carbons (Fsp3) is 0.857. The Hall–Kier alpha value is -1.58. The summed E-state index contributed by atoms with van der Waals surface area (Å²) in [6, 6.07) is 0.546. The highest BCUT2D eigenvalue weighted by Crippen LogP contribution is 2.47. The van der Waals surface area contributed by atoms with Crippen molar-refractivity contribution in [3.63, 3.8) is 0 Å². The third-order valence-corrected chi connectivity index (χ3v) is 11.9. The highest BCUT2D eigenvalue weighted by Gasteiger charge is 2.41. The molecule has 0 aromatic carbocycles. The maximum atomic E-state index is 13.8. The van der Waals surface area contributed by atoms with Gasteiger partial charge in [-0.1, -0.05) is 98.8 Å². The van der Waals surface area contributed by atoms with E-state index in [1.54, 1.807) is 0 Å². The largest absolute Gasteiger partial charge is 0.374 e. The second kappa shape index (κ2) is 18.3. The van der Waals surface area contributed by atoms with Crippen molar-refractivity contribution in [2.75, 3.05) is 13.1 Å². The Bertz CT molecular complexity index is 1010. The monoisotopic (exact) mass is 639 g/mol. The molecule has 2 heterocycles. The molecular weight excluding hydrogens is 564 g/mol. The molecule has 1 saturated carbocycles. The fourth-order valence-corrected chi connectivity index (χ4v) is 8.43. The average molecular weight is 639 g/mol. The molecule has 1 unspecified atom stereocenters. The Kier molecular flexibility index (Phi) is 15.4. The van der Waals surface area contributed by atoms with Crippen LogP contribution in [0.1, 0.15) is 190 Å². The van der Waals surface area contributed by atoms with Crippen LogP contribution in [0.25, 0.3) is 0 Å². The molecule has 0 radical (unpaired) electrons. The van der Waals surface area contributed by atoms with Gasteiger partial charge in [-0.3, -0.25) is 9.59 Å². The minimum Gasteiger partial charge on any atom is -0.374 e.